The van der Waals surface area contributed by atoms with Gasteiger partial charge in [0.2, 0.25) is 0 Å². The molecule has 1 heterocycles. The monoisotopic (exact) mass is 407 g/mol. The lowest BCUT2D eigenvalue weighted by Crippen LogP contribution is -2.28. The molecule has 4 nitrogen and oxygen atoms in total. The van der Waals surface area contributed by atoms with Gasteiger partial charge in [0.25, 0.3) is 5.91 Å². The first-order valence-corrected chi connectivity index (χ1v) is 9.66. The molecule has 146 valence electrons. The summed E-state index contributed by atoms with van der Waals surface area (Å²) in [5.41, 5.74) is 2.76. The third kappa shape index (κ3) is 4.00. The van der Waals surface area contributed by atoms with Crippen LogP contribution in [0.15, 0.2) is 72.8 Å². The normalized spacial score (nSPS) is 12.1. The summed E-state index contributed by atoms with van der Waals surface area (Å²) in [7, 11) is 0. The van der Waals surface area contributed by atoms with Gasteiger partial charge >= 0.3 is 0 Å². The van der Waals surface area contributed by atoms with E-state index in [0.717, 1.165) is 11.0 Å². The van der Waals surface area contributed by atoms with Gasteiger partial charge in [-0.15, -0.1) is 0 Å². The number of fused-ring (bicyclic) bond motifs is 1. The maximum absolute atomic E-state index is 14.3. The summed E-state index contributed by atoms with van der Waals surface area (Å²) in [5.74, 6) is 0.171. The number of para-hydroxylation sites is 2. The van der Waals surface area contributed by atoms with Crippen molar-refractivity contribution < 1.29 is 9.18 Å². The average molecular weight is 408 g/mol. The first kappa shape index (κ1) is 19.2. The molecule has 1 N–H and O–H groups in total. The van der Waals surface area contributed by atoms with Gasteiger partial charge in [-0.05, 0) is 49.4 Å². The fraction of sp³-hybridized carbons (Fsp3) is 0.130. The Balaban J connectivity index is 1.68. The van der Waals surface area contributed by atoms with Crippen LogP contribution in [0.4, 0.5) is 4.39 Å². The molecule has 0 radical (unpaired) electrons. The number of halogens is 2. The van der Waals surface area contributed by atoms with E-state index in [2.05, 4.69) is 5.32 Å². The summed E-state index contributed by atoms with van der Waals surface area (Å²) >= 11 is 5.90. The highest BCUT2D eigenvalue weighted by Crippen LogP contribution is 2.23. The maximum Gasteiger partial charge on any atom is 0.251 e. The van der Waals surface area contributed by atoms with Gasteiger partial charge in [-0.25, -0.2) is 9.37 Å². The first-order chi connectivity index (χ1) is 14.0. The van der Waals surface area contributed by atoms with E-state index < -0.39 is 0 Å². The van der Waals surface area contributed by atoms with E-state index in [4.69, 9.17) is 16.6 Å². The van der Waals surface area contributed by atoms with Gasteiger partial charge in [0.05, 0.1) is 23.6 Å². The molecule has 0 aliphatic carbocycles. The van der Waals surface area contributed by atoms with Crippen LogP contribution >= 0.6 is 11.6 Å². The van der Waals surface area contributed by atoms with Crippen LogP contribution in [0.25, 0.3) is 11.0 Å². The number of amides is 1. The average Bonchev–Trinajstić information content (AvgIpc) is 3.09. The SMILES string of the molecule is CC(NC(=O)c1ccc(Cl)cc1)c1nc2ccccc2n1Cc1ccccc1F. The second-order valence-corrected chi connectivity index (χ2v) is 7.27. The highest BCUT2D eigenvalue weighted by Gasteiger charge is 2.20. The van der Waals surface area contributed by atoms with E-state index in [1.807, 2.05) is 41.8 Å². The van der Waals surface area contributed by atoms with Crippen molar-refractivity contribution in [2.45, 2.75) is 19.5 Å². The molecule has 0 saturated carbocycles. The number of aromatic nitrogens is 2. The first-order valence-electron chi connectivity index (χ1n) is 9.28. The van der Waals surface area contributed by atoms with E-state index in [1.54, 1.807) is 36.4 Å². The molecule has 0 saturated heterocycles. The second-order valence-electron chi connectivity index (χ2n) is 6.84. The summed E-state index contributed by atoms with van der Waals surface area (Å²) in [6, 6.07) is 20.7. The predicted molar refractivity (Wildman–Crippen MR) is 113 cm³/mol. The Morgan fingerprint density at radius 2 is 1.76 bits per heavy atom. The minimum atomic E-state index is -0.377. The summed E-state index contributed by atoms with van der Waals surface area (Å²) < 4.78 is 16.2. The molecule has 1 amide bonds. The number of rotatable bonds is 5. The minimum absolute atomic E-state index is 0.223. The van der Waals surface area contributed by atoms with Gasteiger partial charge in [-0.3, -0.25) is 4.79 Å². The number of nitrogens with one attached hydrogen (secondary N) is 1. The van der Waals surface area contributed by atoms with E-state index in [9.17, 15) is 9.18 Å². The second kappa shape index (κ2) is 8.05. The fourth-order valence-electron chi connectivity index (χ4n) is 3.33. The smallest absolute Gasteiger partial charge is 0.251 e. The predicted octanol–water partition coefficient (Wildman–Crippen LogP) is 5.37. The van der Waals surface area contributed by atoms with Crippen molar-refractivity contribution in [3.8, 4) is 0 Å². The molecule has 0 aliphatic heterocycles. The lowest BCUT2D eigenvalue weighted by molar-refractivity contribution is 0.0937. The van der Waals surface area contributed by atoms with E-state index in [-0.39, 0.29) is 17.8 Å². The zero-order chi connectivity index (χ0) is 20.4. The molecular weight excluding hydrogens is 389 g/mol. The van der Waals surface area contributed by atoms with Gasteiger partial charge < -0.3 is 9.88 Å². The third-order valence-electron chi connectivity index (χ3n) is 4.81. The quantitative estimate of drug-likeness (QED) is 0.483. The van der Waals surface area contributed by atoms with Gasteiger partial charge in [-0.2, -0.15) is 0 Å². The van der Waals surface area contributed by atoms with Gasteiger partial charge in [-0.1, -0.05) is 41.9 Å². The van der Waals surface area contributed by atoms with Crippen molar-refractivity contribution in [1.29, 1.82) is 0 Å². The van der Waals surface area contributed by atoms with E-state index >= 15 is 0 Å². The highest BCUT2D eigenvalue weighted by molar-refractivity contribution is 6.30. The Kier molecular flexibility index (Phi) is 5.32. The topological polar surface area (TPSA) is 46.9 Å². The van der Waals surface area contributed by atoms with Crippen LogP contribution < -0.4 is 5.32 Å². The van der Waals surface area contributed by atoms with Crippen LogP contribution in [0.5, 0.6) is 0 Å². The molecule has 0 spiro atoms. The number of hydrogen-bond donors (Lipinski definition) is 1. The summed E-state index contributed by atoms with van der Waals surface area (Å²) in [6.07, 6.45) is 0. The standard InChI is InChI=1S/C23H19ClFN3O/c1-15(26-23(29)16-10-12-18(24)13-11-16)22-27-20-8-4-5-9-21(20)28(22)14-17-6-2-3-7-19(17)25/h2-13,15H,14H2,1H3,(H,26,29). The lowest BCUT2D eigenvalue weighted by atomic mass is 10.2. The van der Waals surface area contributed by atoms with Crippen LogP contribution in [0, 0.1) is 5.82 Å². The van der Waals surface area contributed by atoms with Crippen molar-refractivity contribution >= 4 is 28.5 Å². The van der Waals surface area contributed by atoms with E-state index in [1.165, 1.54) is 6.07 Å². The number of hydrogen-bond acceptors (Lipinski definition) is 2. The minimum Gasteiger partial charge on any atom is -0.342 e. The lowest BCUT2D eigenvalue weighted by Gasteiger charge is -2.17. The molecule has 0 bridgehead atoms. The molecule has 1 unspecified atom stereocenters. The zero-order valence-corrected chi connectivity index (χ0v) is 16.5. The van der Waals surface area contributed by atoms with Crippen molar-refractivity contribution in [2.24, 2.45) is 0 Å². The molecule has 4 rings (SSSR count). The number of benzene rings is 3. The Hall–Kier alpha value is -3.18. The van der Waals surface area contributed by atoms with Gasteiger partial charge in [0, 0.05) is 16.1 Å². The fourth-order valence-corrected chi connectivity index (χ4v) is 3.46. The van der Waals surface area contributed by atoms with Crippen molar-refractivity contribution in [3.05, 3.63) is 101 Å². The maximum atomic E-state index is 14.3. The summed E-state index contributed by atoms with van der Waals surface area (Å²) in [6.45, 7) is 2.19. The molecule has 0 fully saturated rings. The zero-order valence-electron chi connectivity index (χ0n) is 15.8. The highest BCUT2D eigenvalue weighted by atomic mass is 35.5. The molecule has 0 aliphatic rings. The van der Waals surface area contributed by atoms with Gasteiger partial charge in [0.1, 0.15) is 11.6 Å². The van der Waals surface area contributed by atoms with Crippen LogP contribution in [-0.4, -0.2) is 15.5 Å². The molecule has 3 aromatic carbocycles. The van der Waals surface area contributed by atoms with Crippen LogP contribution in [-0.2, 0) is 6.54 Å². The molecular formula is C23H19ClFN3O. The van der Waals surface area contributed by atoms with Gasteiger partial charge in [0.15, 0.2) is 0 Å². The molecule has 29 heavy (non-hydrogen) atoms. The molecule has 6 heteroatoms. The number of carbonyl (C=O) groups is 1. The summed E-state index contributed by atoms with van der Waals surface area (Å²) in [4.78, 5) is 17.3. The largest absolute Gasteiger partial charge is 0.342 e. The van der Waals surface area contributed by atoms with Crippen LogP contribution in [0.3, 0.4) is 0 Å². The van der Waals surface area contributed by atoms with Crippen LogP contribution in [0.1, 0.15) is 34.7 Å². The Bertz CT molecular complexity index is 1170. The third-order valence-corrected chi connectivity index (χ3v) is 5.06. The van der Waals surface area contributed by atoms with Crippen molar-refractivity contribution in [1.82, 2.24) is 14.9 Å². The van der Waals surface area contributed by atoms with E-state index in [0.29, 0.717) is 28.5 Å². The molecule has 4 aromatic rings. The molecule has 1 atom stereocenters. The molecule has 1 aromatic heterocycles. The number of imidazole rings is 1. The number of nitrogens with zero attached hydrogens (tertiary/aromatic N) is 2. The van der Waals surface area contributed by atoms with Crippen molar-refractivity contribution in [2.75, 3.05) is 0 Å². The Morgan fingerprint density at radius 1 is 1.07 bits per heavy atom. The van der Waals surface area contributed by atoms with Crippen molar-refractivity contribution in [3.63, 3.8) is 0 Å². The summed E-state index contributed by atoms with van der Waals surface area (Å²) in [5, 5.41) is 3.55. The number of carbonyl (C=O) groups excluding carboxylic acids is 1. The Morgan fingerprint density at radius 3 is 2.52 bits per heavy atom. The van der Waals surface area contributed by atoms with Crippen LogP contribution in [0.2, 0.25) is 5.02 Å². The Labute approximate surface area is 173 Å².